The first-order valence-corrected chi connectivity index (χ1v) is 8.22. The maximum absolute atomic E-state index is 5.32. The average molecular weight is 275 g/mol. The van der Waals surface area contributed by atoms with E-state index in [1.54, 1.807) is 7.11 Å². The highest BCUT2D eigenvalue weighted by Gasteiger charge is 2.08. The molecular weight excluding hydrogens is 238 g/mol. The van der Waals surface area contributed by atoms with Gasteiger partial charge in [-0.15, -0.1) is 0 Å². The van der Waals surface area contributed by atoms with Crippen LogP contribution in [0.4, 0.5) is 0 Å². The number of hydrogen-bond donors (Lipinski definition) is 0. The summed E-state index contributed by atoms with van der Waals surface area (Å²) in [5, 5.41) is 0. The molecule has 0 bridgehead atoms. The number of rotatable bonds is 8. The zero-order valence-corrected chi connectivity index (χ0v) is 14.0. The quantitative estimate of drug-likeness (QED) is 0.626. The Balaban J connectivity index is 0. The molecule has 0 aromatic carbocycles. The molecule has 3 nitrogen and oxygen atoms in total. The van der Waals surface area contributed by atoms with Gasteiger partial charge < -0.3 is 9.47 Å². The van der Waals surface area contributed by atoms with Gasteiger partial charge in [-0.3, -0.25) is 4.90 Å². The van der Waals surface area contributed by atoms with Gasteiger partial charge in [0.2, 0.25) is 0 Å². The molecule has 0 unspecified atom stereocenters. The Morgan fingerprint density at radius 3 is 1.95 bits per heavy atom. The summed E-state index contributed by atoms with van der Waals surface area (Å²) in [4.78, 5) is 2.51. The fraction of sp³-hybridized carbons (Fsp3) is 1.00. The molecule has 0 radical (unpaired) electrons. The second-order valence-electron chi connectivity index (χ2n) is 4.21. The fourth-order valence-corrected chi connectivity index (χ4v) is 1.94. The average Bonchev–Trinajstić information content (AvgIpc) is 2.51. The molecule has 0 spiro atoms. The van der Waals surface area contributed by atoms with Crippen LogP contribution < -0.4 is 0 Å². The van der Waals surface area contributed by atoms with Crippen LogP contribution in [-0.4, -0.2) is 51.5 Å². The summed E-state index contributed by atoms with van der Waals surface area (Å²) < 4.78 is 10.3. The number of ether oxygens (including phenoxy) is 2. The molecule has 1 heterocycles. The Hall–Kier alpha value is -0.120. The Labute approximate surface area is 121 Å². The lowest BCUT2D eigenvalue weighted by molar-refractivity contribution is 0.0371. The first-order chi connectivity index (χ1) is 9.43. The maximum Gasteiger partial charge on any atom is 0.0594 e. The summed E-state index contributed by atoms with van der Waals surface area (Å²) in [6.07, 6.45) is 6.59. The molecule has 1 aliphatic rings. The maximum atomic E-state index is 5.32. The van der Waals surface area contributed by atoms with Gasteiger partial charge in [-0.25, -0.2) is 0 Å². The van der Waals surface area contributed by atoms with Gasteiger partial charge in [0.05, 0.1) is 13.2 Å². The molecule has 19 heavy (non-hydrogen) atoms. The van der Waals surface area contributed by atoms with E-state index in [0.717, 1.165) is 32.9 Å². The van der Waals surface area contributed by atoms with Gasteiger partial charge in [-0.2, -0.15) is 0 Å². The summed E-state index contributed by atoms with van der Waals surface area (Å²) in [7, 11) is 1.78. The predicted molar refractivity (Wildman–Crippen MR) is 84.9 cm³/mol. The zero-order chi connectivity index (χ0) is 14.8. The second kappa shape index (κ2) is 20.2. The van der Waals surface area contributed by atoms with Crippen molar-refractivity contribution in [2.45, 2.75) is 59.8 Å². The van der Waals surface area contributed by atoms with Crippen molar-refractivity contribution < 1.29 is 9.47 Å². The van der Waals surface area contributed by atoms with E-state index in [-0.39, 0.29) is 0 Å². The van der Waals surface area contributed by atoms with Gasteiger partial charge >= 0.3 is 0 Å². The van der Waals surface area contributed by atoms with Gasteiger partial charge in [0.1, 0.15) is 0 Å². The van der Waals surface area contributed by atoms with Crippen LogP contribution in [0.3, 0.4) is 0 Å². The number of hydrogen-bond acceptors (Lipinski definition) is 3. The van der Waals surface area contributed by atoms with Gasteiger partial charge in [-0.05, 0) is 19.4 Å². The van der Waals surface area contributed by atoms with Crippen molar-refractivity contribution >= 4 is 0 Å². The van der Waals surface area contributed by atoms with Crippen molar-refractivity contribution in [3.05, 3.63) is 0 Å². The molecule has 1 fully saturated rings. The summed E-state index contributed by atoms with van der Waals surface area (Å²) in [6, 6.07) is 0. The number of nitrogens with zero attached hydrogens (tertiary/aromatic N) is 1. The Morgan fingerprint density at radius 2 is 1.37 bits per heavy atom. The molecule has 1 rings (SSSR count). The molecule has 0 amide bonds. The smallest absolute Gasteiger partial charge is 0.0594 e. The molecule has 0 atom stereocenters. The minimum atomic E-state index is 0.920. The predicted octanol–water partition coefficient (Wildman–Crippen LogP) is 3.97. The summed E-state index contributed by atoms with van der Waals surface area (Å²) in [6.45, 7) is 14.3. The Morgan fingerprint density at radius 1 is 0.842 bits per heavy atom. The van der Waals surface area contributed by atoms with E-state index < -0.39 is 0 Å². The molecule has 0 aromatic heterocycles. The van der Waals surface area contributed by atoms with Crippen LogP contribution >= 0.6 is 0 Å². The third-order valence-corrected chi connectivity index (χ3v) is 2.93. The van der Waals surface area contributed by atoms with E-state index in [9.17, 15) is 0 Å². The van der Waals surface area contributed by atoms with Crippen LogP contribution in [-0.2, 0) is 9.47 Å². The van der Waals surface area contributed by atoms with Gasteiger partial charge in [0, 0.05) is 26.8 Å². The zero-order valence-electron chi connectivity index (χ0n) is 14.0. The molecular formula is C16H37NO2. The van der Waals surface area contributed by atoms with Crippen LogP contribution in [0, 0.1) is 0 Å². The number of morpholine rings is 1. The van der Waals surface area contributed by atoms with E-state index in [4.69, 9.17) is 9.47 Å². The normalized spacial score (nSPS) is 15.0. The summed E-state index contributed by atoms with van der Waals surface area (Å²) in [5.41, 5.74) is 0. The standard InChI is InChI=1S/C12H25NO2.2C2H6/c1-14-10-6-4-2-3-5-7-13-8-11-15-12-9-13;2*1-2/h2-12H2,1H3;2*1-2H3. The topological polar surface area (TPSA) is 21.7 Å². The molecule has 3 heteroatoms. The third-order valence-electron chi connectivity index (χ3n) is 2.93. The Bertz CT molecular complexity index is 137. The lowest BCUT2D eigenvalue weighted by atomic mass is 10.1. The van der Waals surface area contributed by atoms with Crippen molar-refractivity contribution in [3.63, 3.8) is 0 Å². The largest absolute Gasteiger partial charge is 0.385 e. The van der Waals surface area contributed by atoms with E-state index >= 15 is 0 Å². The van der Waals surface area contributed by atoms with Crippen molar-refractivity contribution in [3.8, 4) is 0 Å². The highest BCUT2D eigenvalue weighted by Crippen LogP contribution is 2.05. The minimum absolute atomic E-state index is 0.920. The summed E-state index contributed by atoms with van der Waals surface area (Å²) >= 11 is 0. The monoisotopic (exact) mass is 275 g/mol. The van der Waals surface area contributed by atoms with Crippen LogP contribution in [0.2, 0.25) is 0 Å². The van der Waals surface area contributed by atoms with Gasteiger partial charge in [0.15, 0.2) is 0 Å². The molecule has 0 N–H and O–H groups in total. The van der Waals surface area contributed by atoms with Gasteiger partial charge in [-0.1, -0.05) is 47.0 Å². The number of unbranched alkanes of at least 4 members (excludes halogenated alkanes) is 4. The van der Waals surface area contributed by atoms with E-state index in [2.05, 4.69) is 4.90 Å². The van der Waals surface area contributed by atoms with E-state index in [1.807, 2.05) is 27.7 Å². The highest BCUT2D eigenvalue weighted by molar-refractivity contribution is 4.61. The van der Waals surface area contributed by atoms with Crippen molar-refractivity contribution in [2.24, 2.45) is 0 Å². The molecule has 0 aliphatic carbocycles. The fourth-order valence-electron chi connectivity index (χ4n) is 1.94. The molecule has 118 valence electrons. The lowest BCUT2D eigenvalue weighted by Crippen LogP contribution is -2.36. The Kier molecular flexibility index (Phi) is 22.5. The second-order valence-corrected chi connectivity index (χ2v) is 4.21. The number of methoxy groups -OCH3 is 1. The van der Waals surface area contributed by atoms with Crippen LogP contribution in [0.5, 0.6) is 0 Å². The molecule has 1 aliphatic heterocycles. The molecule has 0 aromatic rings. The first-order valence-electron chi connectivity index (χ1n) is 8.22. The molecule has 0 saturated carbocycles. The minimum Gasteiger partial charge on any atom is -0.385 e. The highest BCUT2D eigenvalue weighted by atomic mass is 16.5. The lowest BCUT2D eigenvalue weighted by Gasteiger charge is -2.26. The van der Waals surface area contributed by atoms with Crippen molar-refractivity contribution in [1.29, 1.82) is 0 Å². The SMILES string of the molecule is CC.CC.COCCCCCCCN1CCOCC1. The first kappa shape index (κ1) is 21.2. The van der Waals surface area contributed by atoms with Crippen LogP contribution in [0.25, 0.3) is 0 Å². The third kappa shape index (κ3) is 15.8. The van der Waals surface area contributed by atoms with Crippen molar-refractivity contribution in [2.75, 3.05) is 46.6 Å². The van der Waals surface area contributed by atoms with Gasteiger partial charge in [0.25, 0.3) is 0 Å². The van der Waals surface area contributed by atoms with Crippen LogP contribution in [0.15, 0.2) is 0 Å². The van der Waals surface area contributed by atoms with Crippen LogP contribution in [0.1, 0.15) is 59.8 Å². The van der Waals surface area contributed by atoms with Crippen molar-refractivity contribution in [1.82, 2.24) is 4.90 Å². The van der Waals surface area contributed by atoms with E-state index in [0.29, 0.717) is 0 Å². The molecule has 1 saturated heterocycles. The van der Waals surface area contributed by atoms with E-state index in [1.165, 1.54) is 38.6 Å². The summed E-state index contributed by atoms with van der Waals surface area (Å²) in [5.74, 6) is 0.